The molecule has 0 saturated heterocycles. The number of aryl methyl sites for hydroxylation is 1. The number of amides is 2. The highest BCUT2D eigenvalue weighted by atomic mass is 32.2. The van der Waals surface area contributed by atoms with Gasteiger partial charge in [0.1, 0.15) is 6.54 Å². The highest BCUT2D eigenvalue weighted by Gasteiger charge is 2.27. The van der Waals surface area contributed by atoms with E-state index in [-0.39, 0.29) is 10.8 Å². The standard InChI is InChI=1S/C24H25N3O4S2/c1-17-4-10-21(11-5-17)27(33(30,31)23-14-12-22(32-3)13-15-23)16-24(29)26-20-8-6-19(7-9-20)25-18(2)28/h4-15H,16H2,1-3H3,(H,25,28)(H,26,29). The fourth-order valence-corrected chi connectivity index (χ4v) is 4.90. The number of benzene rings is 3. The van der Waals surface area contributed by atoms with Crippen molar-refractivity contribution in [2.75, 3.05) is 27.7 Å². The van der Waals surface area contributed by atoms with Crippen LogP contribution in [0.4, 0.5) is 17.1 Å². The lowest BCUT2D eigenvalue weighted by Gasteiger charge is -2.24. The molecule has 9 heteroatoms. The molecule has 3 rings (SSSR count). The van der Waals surface area contributed by atoms with Gasteiger partial charge in [0.2, 0.25) is 11.8 Å². The molecule has 0 aromatic heterocycles. The molecule has 0 spiro atoms. The van der Waals surface area contributed by atoms with Crippen molar-refractivity contribution in [3.8, 4) is 0 Å². The molecule has 172 valence electrons. The van der Waals surface area contributed by atoms with Crippen LogP contribution in [0.1, 0.15) is 12.5 Å². The van der Waals surface area contributed by atoms with E-state index in [2.05, 4.69) is 10.6 Å². The lowest BCUT2D eigenvalue weighted by atomic mass is 10.2. The molecule has 2 N–H and O–H groups in total. The van der Waals surface area contributed by atoms with E-state index in [0.717, 1.165) is 14.8 Å². The minimum absolute atomic E-state index is 0.105. The Morgan fingerprint density at radius 2 is 1.39 bits per heavy atom. The van der Waals surface area contributed by atoms with E-state index in [0.29, 0.717) is 17.1 Å². The third-order valence-corrected chi connectivity index (χ3v) is 7.28. The van der Waals surface area contributed by atoms with Crippen LogP contribution in [-0.2, 0) is 19.6 Å². The van der Waals surface area contributed by atoms with E-state index in [1.54, 1.807) is 72.8 Å². The molecule has 0 fully saturated rings. The summed E-state index contributed by atoms with van der Waals surface area (Å²) in [5.41, 5.74) is 2.45. The summed E-state index contributed by atoms with van der Waals surface area (Å²) in [4.78, 5) is 25.0. The second kappa shape index (κ2) is 10.5. The largest absolute Gasteiger partial charge is 0.326 e. The van der Waals surface area contributed by atoms with E-state index in [1.165, 1.54) is 18.7 Å². The molecule has 0 unspecified atom stereocenters. The molecular weight excluding hydrogens is 458 g/mol. The predicted molar refractivity (Wildman–Crippen MR) is 133 cm³/mol. The van der Waals surface area contributed by atoms with Crippen LogP contribution >= 0.6 is 11.8 Å². The molecule has 0 atom stereocenters. The fourth-order valence-electron chi connectivity index (χ4n) is 3.07. The summed E-state index contributed by atoms with van der Waals surface area (Å²) in [7, 11) is -3.98. The van der Waals surface area contributed by atoms with Crippen LogP contribution in [0.5, 0.6) is 0 Å². The van der Waals surface area contributed by atoms with Crippen molar-refractivity contribution in [1.29, 1.82) is 0 Å². The van der Waals surface area contributed by atoms with E-state index >= 15 is 0 Å². The number of nitrogens with zero attached hydrogens (tertiary/aromatic N) is 1. The van der Waals surface area contributed by atoms with Crippen molar-refractivity contribution in [3.05, 3.63) is 78.4 Å². The first-order valence-electron chi connectivity index (χ1n) is 10.1. The number of carbonyl (C=O) groups is 2. The van der Waals surface area contributed by atoms with Crippen LogP contribution in [0.3, 0.4) is 0 Å². The van der Waals surface area contributed by atoms with Crippen molar-refractivity contribution in [2.45, 2.75) is 23.6 Å². The Morgan fingerprint density at radius 1 is 0.848 bits per heavy atom. The van der Waals surface area contributed by atoms with Gasteiger partial charge in [-0.2, -0.15) is 0 Å². The van der Waals surface area contributed by atoms with E-state index in [1.807, 2.05) is 13.2 Å². The van der Waals surface area contributed by atoms with E-state index in [4.69, 9.17) is 0 Å². The minimum atomic E-state index is -3.98. The summed E-state index contributed by atoms with van der Waals surface area (Å²) < 4.78 is 28.0. The van der Waals surface area contributed by atoms with Crippen LogP contribution in [-0.4, -0.2) is 33.0 Å². The van der Waals surface area contributed by atoms with Gasteiger partial charge in [-0.05, 0) is 73.8 Å². The van der Waals surface area contributed by atoms with Gasteiger partial charge in [0.25, 0.3) is 10.0 Å². The van der Waals surface area contributed by atoms with Crippen LogP contribution < -0.4 is 14.9 Å². The monoisotopic (exact) mass is 483 g/mol. The quantitative estimate of drug-likeness (QED) is 0.460. The van der Waals surface area contributed by atoms with Crippen molar-refractivity contribution < 1.29 is 18.0 Å². The number of hydrogen-bond donors (Lipinski definition) is 2. The second-order valence-corrected chi connectivity index (χ2v) is 10.1. The van der Waals surface area contributed by atoms with E-state index < -0.39 is 22.5 Å². The summed E-state index contributed by atoms with van der Waals surface area (Å²) in [6, 6.07) is 20.1. The van der Waals surface area contributed by atoms with E-state index in [9.17, 15) is 18.0 Å². The summed E-state index contributed by atoms with van der Waals surface area (Å²) in [5.74, 6) is -0.691. The average molecular weight is 484 g/mol. The minimum Gasteiger partial charge on any atom is -0.326 e. The SMILES string of the molecule is CSc1ccc(S(=O)(=O)N(CC(=O)Nc2ccc(NC(C)=O)cc2)c2ccc(C)cc2)cc1. The average Bonchev–Trinajstić information content (AvgIpc) is 2.79. The number of rotatable bonds is 8. The number of sulfonamides is 1. The molecule has 0 aliphatic heterocycles. The molecule has 3 aromatic rings. The molecule has 0 saturated carbocycles. The normalized spacial score (nSPS) is 11.0. The molecule has 0 bridgehead atoms. The molecule has 33 heavy (non-hydrogen) atoms. The molecule has 7 nitrogen and oxygen atoms in total. The summed E-state index contributed by atoms with van der Waals surface area (Å²) in [5, 5.41) is 5.36. The molecule has 0 aliphatic carbocycles. The van der Waals surface area contributed by atoms with Crippen molar-refractivity contribution in [1.82, 2.24) is 0 Å². The number of anilines is 3. The van der Waals surface area contributed by atoms with Crippen LogP contribution in [0.15, 0.2) is 82.6 Å². The third-order valence-electron chi connectivity index (χ3n) is 4.75. The maximum Gasteiger partial charge on any atom is 0.264 e. The van der Waals surface area contributed by atoms with Crippen LogP contribution in [0.25, 0.3) is 0 Å². The zero-order valence-corrected chi connectivity index (χ0v) is 20.2. The van der Waals surface area contributed by atoms with Gasteiger partial charge in [0.05, 0.1) is 10.6 Å². The zero-order valence-electron chi connectivity index (χ0n) is 18.5. The molecule has 0 heterocycles. The molecular formula is C24H25N3O4S2. The van der Waals surface area contributed by atoms with Crippen molar-refractivity contribution in [3.63, 3.8) is 0 Å². The molecule has 3 aromatic carbocycles. The maximum atomic E-state index is 13.5. The molecule has 2 amide bonds. The lowest BCUT2D eigenvalue weighted by molar-refractivity contribution is -0.115. The Kier molecular flexibility index (Phi) is 7.78. The topological polar surface area (TPSA) is 95.6 Å². The summed E-state index contributed by atoms with van der Waals surface area (Å²) in [6.45, 7) is 2.91. The van der Waals surface area contributed by atoms with Gasteiger partial charge >= 0.3 is 0 Å². The second-order valence-electron chi connectivity index (χ2n) is 7.33. The van der Waals surface area contributed by atoms with Crippen molar-refractivity contribution in [2.24, 2.45) is 0 Å². The smallest absolute Gasteiger partial charge is 0.264 e. The summed E-state index contributed by atoms with van der Waals surface area (Å²) in [6.07, 6.45) is 1.91. The van der Waals surface area contributed by atoms with Crippen molar-refractivity contribution >= 4 is 50.7 Å². The predicted octanol–water partition coefficient (Wildman–Crippen LogP) is 4.51. The molecule has 0 radical (unpaired) electrons. The Balaban J connectivity index is 1.85. The Morgan fingerprint density at radius 3 is 1.91 bits per heavy atom. The van der Waals surface area contributed by atoms with Gasteiger partial charge in [0, 0.05) is 23.2 Å². The summed E-state index contributed by atoms with van der Waals surface area (Å²) >= 11 is 1.51. The lowest BCUT2D eigenvalue weighted by Crippen LogP contribution is -2.38. The number of hydrogen-bond acceptors (Lipinski definition) is 5. The van der Waals surface area contributed by atoms with Gasteiger partial charge in [-0.3, -0.25) is 13.9 Å². The Bertz CT molecular complexity index is 1220. The number of nitrogens with one attached hydrogen (secondary N) is 2. The highest BCUT2D eigenvalue weighted by Crippen LogP contribution is 2.26. The van der Waals surface area contributed by atoms with Gasteiger partial charge in [0.15, 0.2) is 0 Å². The number of carbonyl (C=O) groups excluding carboxylic acids is 2. The third kappa shape index (κ3) is 6.36. The van der Waals surface area contributed by atoms with Gasteiger partial charge in [-0.1, -0.05) is 17.7 Å². The van der Waals surface area contributed by atoms with Crippen LogP contribution in [0.2, 0.25) is 0 Å². The first-order valence-corrected chi connectivity index (χ1v) is 12.8. The van der Waals surface area contributed by atoms with Gasteiger partial charge in [-0.25, -0.2) is 8.42 Å². The Labute approximate surface area is 198 Å². The van der Waals surface area contributed by atoms with Gasteiger partial charge < -0.3 is 10.6 Å². The molecule has 0 aliphatic rings. The highest BCUT2D eigenvalue weighted by molar-refractivity contribution is 7.98. The first kappa shape index (κ1) is 24.3. The number of thioether (sulfide) groups is 1. The zero-order chi connectivity index (χ0) is 24.0. The first-order chi connectivity index (χ1) is 15.7. The fraction of sp³-hybridized carbons (Fsp3) is 0.167. The Hall–Kier alpha value is -3.30. The van der Waals surface area contributed by atoms with Gasteiger partial charge in [-0.15, -0.1) is 11.8 Å². The maximum absolute atomic E-state index is 13.5. The van der Waals surface area contributed by atoms with Crippen LogP contribution in [0, 0.1) is 6.92 Å².